The number of aromatic nitrogens is 2. The van der Waals surface area contributed by atoms with E-state index in [1.807, 2.05) is 10.9 Å². The van der Waals surface area contributed by atoms with Gasteiger partial charge in [0.2, 0.25) is 0 Å². The lowest BCUT2D eigenvalue weighted by atomic mass is 10.1. The fourth-order valence-corrected chi connectivity index (χ4v) is 2.94. The Labute approximate surface area is 143 Å². The lowest BCUT2D eigenvalue weighted by Crippen LogP contribution is -2.54. The molecular formula is C17H24ClFN4. The van der Waals surface area contributed by atoms with Crippen LogP contribution < -0.4 is 5.32 Å². The molecule has 0 saturated carbocycles. The van der Waals surface area contributed by atoms with Crippen LogP contribution in [0.4, 0.5) is 4.39 Å². The molecule has 126 valence electrons. The summed E-state index contributed by atoms with van der Waals surface area (Å²) in [6, 6.07) is 7.62. The summed E-state index contributed by atoms with van der Waals surface area (Å²) in [5.74, 6) is -0.202. The van der Waals surface area contributed by atoms with Crippen molar-refractivity contribution in [3.8, 4) is 0 Å². The van der Waals surface area contributed by atoms with Crippen molar-refractivity contribution in [1.29, 1.82) is 0 Å². The standard InChI is InChI=1S/C17H23FN4.ClH/c1-13-14(2)21(8-7-19-13)10-16-9-20-22(12-16)11-15-3-5-17(18)6-4-15;/h3-6,9,12-14,19H,7-8,10-11H2,1-2H3;1H. The molecule has 2 aromatic rings. The molecule has 0 spiro atoms. The van der Waals surface area contributed by atoms with E-state index in [-0.39, 0.29) is 18.2 Å². The molecule has 2 atom stereocenters. The minimum Gasteiger partial charge on any atom is -0.311 e. The van der Waals surface area contributed by atoms with Crippen molar-refractivity contribution in [2.45, 2.75) is 39.0 Å². The number of piperazine rings is 1. The number of rotatable bonds is 4. The Morgan fingerprint density at radius 1 is 1.17 bits per heavy atom. The van der Waals surface area contributed by atoms with E-state index in [0.717, 1.165) is 25.2 Å². The fourth-order valence-electron chi connectivity index (χ4n) is 2.94. The largest absolute Gasteiger partial charge is 0.311 e. The van der Waals surface area contributed by atoms with Gasteiger partial charge in [-0.2, -0.15) is 5.10 Å². The van der Waals surface area contributed by atoms with Gasteiger partial charge in [-0.25, -0.2) is 4.39 Å². The minimum absolute atomic E-state index is 0. The van der Waals surface area contributed by atoms with Crippen molar-refractivity contribution in [1.82, 2.24) is 20.0 Å². The minimum atomic E-state index is -0.202. The van der Waals surface area contributed by atoms with Gasteiger partial charge < -0.3 is 5.32 Å². The predicted octanol–water partition coefficient (Wildman–Crippen LogP) is 2.67. The Morgan fingerprint density at radius 3 is 2.65 bits per heavy atom. The normalized spacial score (nSPS) is 21.9. The Kier molecular flexibility index (Phi) is 6.16. The molecule has 4 nitrogen and oxygen atoms in total. The Morgan fingerprint density at radius 2 is 1.91 bits per heavy atom. The molecule has 23 heavy (non-hydrogen) atoms. The van der Waals surface area contributed by atoms with E-state index in [1.54, 1.807) is 12.1 Å². The molecule has 1 aromatic carbocycles. The Hall–Kier alpha value is -1.43. The van der Waals surface area contributed by atoms with Crippen molar-refractivity contribution in [2.24, 2.45) is 0 Å². The lowest BCUT2D eigenvalue weighted by molar-refractivity contribution is 0.131. The van der Waals surface area contributed by atoms with Gasteiger partial charge in [-0.1, -0.05) is 12.1 Å². The highest BCUT2D eigenvalue weighted by Crippen LogP contribution is 2.14. The topological polar surface area (TPSA) is 33.1 Å². The lowest BCUT2D eigenvalue weighted by Gasteiger charge is -2.38. The summed E-state index contributed by atoms with van der Waals surface area (Å²) in [4.78, 5) is 2.49. The summed E-state index contributed by atoms with van der Waals surface area (Å²) in [7, 11) is 0. The number of nitrogens with zero attached hydrogens (tertiary/aromatic N) is 3. The van der Waals surface area contributed by atoms with E-state index in [4.69, 9.17) is 0 Å². The van der Waals surface area contributed by atoms with Crippen LogP contribution in [0.2, 0.25) is 0 Å². The maximum Gasteiger partial charge on any atom is 0.123 e. The third kappa shape index (κ3) is 4.53. The van der Waals surface area contributed by atoms with Crippen molar-refractivity contribution >= 4 is 12.4 Å². The summed E-state index contributed by atoms with van der Waals surface area (Å²) in [6.45, 7) is 8.20. The molecule has 1 saturated heterocycles. The van der Waals surface area contributed by atoms with Crippen molar-refractivity contribution < 1.29 is 4.39 Å². The van der Waals surface area contributed by atoms with E-state index >= 15 is 0 Å². The van der Waals surface area contributed by atoms with Gasteiger partial charge in [0, 0.05) is 43.5 Å². The van der Waals surface area contributed by atoms with Gasteiger partial charge in [0.1, 0.15) is 5.82 Å². The van der Waals surface area contributed by atoms with Crippen LogP contribution in [0.5, 0.6) is 0 Å². The molecular weight excluding hydrogens is 315 g/mol. The average Bonchev–Trinajstić information content (AvgIpc) is 2.94. The zero-order valence-electron chi connectivity index (χ0n) is 13.6. The second-order valence-electron chi connectivity index (χ2n) is 6.13. The van der Waals surface area contributed by atoms with Crippen LogP contribution >= 0.6 is 12.4 Å². The third-order valence-corrected chi connectivity index (χ3v) is 4.50. The van der Waals surface area contributed by atoms with E-state index in [0.29, 0.717) is 18.6 Å². The summed E-state index contributed by atoms with van der Waals surface area (Å²) < 4.78 is 14.8. The van der Waals surface area contributed by atoms with Gasteiger partial charge in [0.05, 0.1) is 12.7 Å². The van der Waals surface area contributed by atoms with Crippen LogP contribution in [0, 0.1) is 5.82 Å². The highest BCUT2D eigenvalue weighted by atomic mass is 35.5. The van der Waals surface area contributed by atoms with Crippen LogP contribution in [0.15, 0.2) is 36.7 Å². The molecule has 1 aromatic heterocycles. The molecule has 2 unspecified atom stereocenters. The molecule has 1 fully saturated rings. The summed E-state index contributed by atoms with van der Waals surface area (Å²) in [5, 5.41) is 7.92. The summed E-state index contributed by atoms with van der Waals surface area (Å²) in [5.41, 5.74) is 2.28. The maximum atomic E-state index is 12.9. The summed E-state index contributed by atoms with van der Waals surface area (Å²) in [6.07, 6.45) is 4.02. The molecule has 0 bridgehead atoms. The number of halogens is 2. The molecule has 2 heterocycles. The zero-order chi connectivity index (χ0) is 15.5. The Bertz CT molecular complexity index is 613. The summed E-state index contributed by atoms with van der Waals surface area (Å²) >= 11 is 0. The first-order valence-electron chi connectivity index (χ1n) is 7.85. The molecule has 6 heteroatoms. The smallest absolute Gasteiger partial charge is 0.123 e. The number of benzene rings is 1. The fraction of sp³-hybridized carbons (Fsp3) is 0.471. The molecule has 0 amide bonds. The first-order chi connectivity index (χ1) is 10.6. The zero-order valence-corrected chi connectivity index (χ0v) is 14.4. The van der Waals surface area contributed by atoms with Gasteiger partial charge in [0.25, 0.3) is 0 Å². The van der Waals surface area contributed by atoms with Gasteiger partial charge in [-0.15, -0.1) is 12.4 Å². The van der Waals surface area contributed by atoms with Gasteiger partial charge in [0.15, 0.2) is 0 Å². The van der Waals surface area contributed by atoms with Crippen molar-refractivity contribution in [3.05, 3.63) is 53.6 Å². The first-order valence-corrected chi connectivity index (χ1v) is 7.85. The molecule has 3 rings (SSSR count). The molecule has 0 radical (unpaired) electrons. The van der Waals surface area contributed by atoms with Gasteiger partial charge >= 0.3 is 0 Å². The first kappa shape index (κ1) is 17.9. The molecule has 1 aliphatic heterocycles. The number of hydrogen-bond donors (Lipinski definition) is 1. The van der Waals surface area contributed by atoms with Crippen LogP contribution in [0.3, 0.4) is 0 Å². The van der Waals surface area contributed by atoms with Crippen LogP contribution in [-0.4, -0.2) is 39.9 Å². The maximum absolute atomic E-state index is 12.9. The van der Waals surface area contributed by atoms with E-state index in [2.05, 4.69) is 35.4 Å². The molecule has 1 N–H and O–H groups in total. The molecule has 0 aliphatic carbocycles. The quantitative estimate of drug-likeness (QED) is 0.930. The monoisotopic (exact) mass is 338 g/mol. The third-order valence-electron chi connectivity index (χ3n) is 4.50. The van der Waals surface area contributed by atoms with Crippen molar-refractivity contribution in [2.75, 3.05) is 13.1 Å². The van der Waals surface area contributed by atoms with Crippen molar-refractivity contribution in [3.63, 3.8) is 0 Å². The number of nitrogens with one attached hydrogen (secondary N) is 1. The van der Waals surface area contributed by atoms with Crippen LogP contribution in [0.1, 0.15) is 25.0 Å². The van der Waals surface area contributed by atoms with E-state index < -0.39 is 0 Å². The Balaban J connectivity index is 0.00000192. The number of hydrogen-bond acceptors (Lipinski definition) is 3. The second-order valence-corrected chi connectivity index (χ2v) is 6.13. The SMILES string of the molecule is CC1NCCN(Cc2cnn(Cc3ccc(F)cc3)c2)C1C.Cl. The highest BCUT2D eigenvalue weighted by molar-refractivity contribution is 5.85. The van der Waals surface area contributed by atoms with Gasteiger partial charge in [-0.05, 0) is 31.5 Å². The second kappa shape index (κ2) is 7.90. The predicted molar refractivity (Wildman–Crippen MR) is 92.3 cm³/mol. The average molecular weight is 339 g/mol. The van der Waals surface area contributed by atoms with E-state index in [9.17, 15) is 4.39 Å². The van der Waals surface area contributed by atoms with Crippen LogP contribution in [-0.2, 0) is 13.1 Å². The molecule has 1 aliphatic rings. The van der Waals surface area contributed by atoms with Crippen LogP contribution in [0.25, 0.3) is 0 Å². The van der Waals surface area contributed by atoms with Gasteiger partial charge in [-0.3, -0.25) is 9.58 Å². The highest BCUT2D eigenvalue weighted by Gasteiger charge is 2.24. The van der Waals surface area contributed by atoms with E-state index in [1.165, 1.54) is 17.7 Å².